The lowest BCUT2D eigenvalue weighted by atomic mass is 10.1. The van der Waals surface area contributed by atoms with Crippen LogP contribution in [0.15, 0.2) is 18.2 Å². The normalized spacial score (nSPS) is 15.1. The number of nitrogens with zero attached hydrogens (tertiary/aromatic N) is 1. The quantitative estimate of drug-likeness (QED) is 0.844. The molecule has 0 bridgehead atoms. The minimum Gasteiger partial charge on any atom is -0.480 e. The van der Waals surface area contributed by atoms with Crippen molar-refractivity contribution in [2.24, 2.45) is 5.92 Å². The van der Waals surface area contributed by atoms with Gasteiger partial charge in [0.2, 0.25) is 0 Å². The fourth-order valence-electron chi connectivity index (χ4n) is 2.11. The Labute approximate surface area is 106 Å². The molecule has 0 spiro atoms. The summed E-state index contributed by atoms with van der Waals surface area (Å²) in [5.74, 6) is -0.521. The highest BCUT2D eigenvalue weighted by molar-refractivity contribution is 5.69. The third-order valence-corrected chi connectivity index (χ3v) is 3.17. The fourth-order valence-corrected chi connectivity index (χ4v) is 2.11. The van der Waals surface area contributed by atoms with Gasteiger partial charge in [-0.25, -0.2) is 4.39 Å². The number of carboxylic acid groups (broad SMARTS) is 1. The number of halogens is 1. The first kappa shape index (κ1) is 13.0. The van der Waals surface area contributed by atoms with Crippen molar-refractivity contribution in [1.29, 1.82) is 0 Å². The average molecular weight is 251 g/mol. The molecular formula is C14H18FNO2. The Hall–Kier alpha value is -1.42. The molecule has 2 rings (SSSR count). The van der Waals surface area contributed by atoms with Crippen LogP contribution in [0.5, 0.6) is 0 Å². The van der Waals surface area contributed by atoms with Gasteiger partial charge >= 0.3 is 5.97 Å². The van der Waals surface area contributed by atoms with Crippen molar-refractivity contribution in [3.05, 3.63) is 35.1 Å². The zero-order valence-electron chi connectivity index (χ0n) is 10.5. The van der Waals surface area contributed by atoms with Crippen LogP contribution in [0.4, 0.5) is 4.39 Å². The van der Waals surface area contributed by atoms with E-state index >= 15 is 0 Å². The van der Waals surface area contributed by atoms with Gasteiger partial charge in [0.1, 0.15) is 5.82 Å². The van der Waals surface area contributed by atoms with Gasteiger partial charge in [0.05, 0.1) is 6.54 Å². The van der Waals surface area contributed by atoms with Crippen molar-refractivity contribution in [3.63, 3.8) is 0 Å². The molecule has 0 atom stereocenters. The van der Waals surface area contributed by atoms with Crippen LogP contribution in [0.1, 0.15) is 24.0 Å². The number of hydrogen-bond donors (Lipinski definition) is 1. The Kier molecular flexibility index (Phi) is 3.97. The van der Waals surface area contributed by atoms with Crippen molar-refractivity contribution in [2.45, 2.75) is 26.3 Å². The molecule has 1 fully saturated rings. The molecule has 4 heteroatoms. The van der Waals surface area contributed by atoms with Crippen LogP contribution >= 0.6 is 0 Å². The van der Waals surface area contributed by atoms with E-state index in [9.17, 15) is 9.18 Å². The Morgan fingerprint density at radius 3 is 2.83 bits per heavy atom. The molecular weight excluding hydrogens is 233 g/mol. The number of hydrogen-bond acceptors (Lipinski definition) is 2. The number of aliphatic carboxylic acids is 1. The van der Waals surface area contributed by atoms with E-state index in [0.717, 1.165) is 24.9 Å². The van der Waals surface area contributed by atoms with E-state index in [1.807, 2.05) is 11.8 Å². The first-order valence-electron chi connectivity index (χ1n) is 6.24. The molecule has 1 aliphatic carbocycles. The second kappa shape index (κ2) is 5.48. The lowest BCUT2D eigenvalue weighted by molar-refractivity contribution is -0.138. The van der Waals surface area contributed by atoms with Gasteiger partial charge in [0.15, 0.2) is 0 Å². The smallest absolute Gasteiger partial charge is 0.317 e. The third kappa shape index (κ3) is 3.81. The molecule has 1 saturated carbocycles. The van der Waals surface area contributed by atoms with E-state index in [4.69, 9.17) is 5.11 Å². The van der Waals surface area contributed by atoms with Gasteiger partial charge in [0, 0.05) is 18.7 Å². The maximum absolute atomic E-state index is 13.6. The number of aryl methyl sites for hydroxylation is 1. The van der Waals surface area contributed by atoms with Crippen LogP contribution in [0.2, 0.25) is 0 Å². The van der Waals surface area contributed by atoms with Crippen LogP contribution < -0.4 is 0 Å². The second-order valence-corrected chi connectivity index (χ2v) is 5.10. The Morgan fingerprint density at radius 1 is 1.50 bits per heavy atom. The summed E-state index contributed by atoms with van der Waals surface area (Å²) >= 11 is 0. The molecule has 3 nitrogen and oxygen atoms in total. The zero-order valence-corrected chi connectivity index (χ0v) is 10.5. The number of rotatable bonds is 6. The monoisotopic (exact) mass is 251 g/mol. The van der Waals surface area contributed by atoms with Crippen molar-refractivity contribution < 1.29 is 14.3 Å². The van der Waals surface area contributed by atoms with Crippen LogP contribution in [0.3, 0.4) is 0 Å². The van der Waals surface area contributed by atoms with Gasteiger partial charge in [-0.2, -0.15) is 0 Å². The highest BCUT2D eigenvalue weighted by Crippen LogP contribution is 2.30. The Balaban J connectivity index is 2.05. The summed E-state index contributed by atoms with van der Waals surface area (Å²) in [6.45, 7) is 3.01. The number of benzene rings is 1. The van der Waals surface area contributed by atoms with Crippen LogP contribution in [-0.4, -0.2) is 29.1 Å². The maximum Gasteiger partial charge on any atom is 0.317 e. The predicted octanol–water partition coefficient (Wildman–Crippen LogP) is 2.43. The number of carboxylic acids is 1. The molecule has 0 amide bonds. The van der Waals surface area contributed by atoms with Crippen molar-refractivity contribution in [1.82, 2.24) is 4.90 Å². The van der Waals surface area contributed by atoms with Crippen molar-refractivity contribution in [2.75, 3.05) is 13.1 Å². The summed E-state index contributed by atoms with van der Waals surface area (Å²) < 4.78 is 13.6. The molecule has 0 saturated heterocycles. The minimum absolute atomic E-state index is 0.0239. The van der Waals surface area contributed by atoms with Crippen LogP contribution in [-0.2, 0) is 11.3 Å². The minimum atomic E-state index is -0.858. The molecule has 18 heavy (non-hydrogen) atoms. The van der Waals surface area contributed by atoms with E-state index in [1.165, 1.54) is 6.07 Å². The van der Waals surface area contributed by atoms with Crippen molar-refractivity contribution >= 4 is 5.97 Å². The summed E-state index contributed by atoms with van der Waals surface area (Å²) in [4.78, 5) is 12.6. The van der Waals surface area contributed by atoms with E-state index in [2.05, 4.69) is 0 Å². The molecule has 1 N–H and O–H groups in total. The van der Waals surface area contributed by atoms with Crippen LogP contribution in [0, 0.1) is 18.7 Å². The van der Waals surface area contributed by atoms with Gasteiger partial charge in [0.25, 0.3) is 0 Å². The standard InChI is InChI=1S/C14H18FNO2/c1-10-2-5-13(15)12(6-10)8-16(9-14(17)18)7-11-3-4-11/h2,5-6,11H,3-4,7-9H2,1H3,(H,17,18). The lowest BCUT2D eigenvalue weighted by Crippen LogP contribution is -2.31. The predicted molar refractivity (Wildman–Crippen MR) is 66.8 cm³/mol. The first-order chi connectivity index (χ1) is 8.54. The largest absolute Gasteiger partial charge is 0.480 e. The van der Waals surface area contributed by atoms with E-state index in [-0.39, 0.29) is 12.4 Å². The zero-order chi connectivity index (χ0) is 13.1. The summed E-state index contributed by atoms with van der Waals surface area (Å²) in [5.41, 5.74) is 1.57. The summed E-state index contributed by atoms with van der Waals surface area (Å²) in [6, 6.07) is 4.96. The SMILES string of the molecule is Cc1ccc(F)c(CN(CC(=O)O)CC2CC2)c1. The van der Waals surface area contributed by atoms with E-state index in [1.54, 1.807) is 12.1 Å². The van der Waals surface area contributed by atoms with E-state index < -0.39 is 5.97 Å². The highest BCUT2D eigenvalue weighted by Gasteiger charge is 2.25. The summed E-state index contributed by atoms with van der Waals surface area (Å²) in [6.07, 6.45) is 2.32. The maximum atomic E-state index is 13.6. The van der Waals surface area contributed by atoms with Gasteiger partial charge in [-0.15, -0.1) is 0 Å². The second-order valence-electron chi connectivity index (χ2n) is 5.10. The Bertz CT molecular complexity index is 443. The third-order valence-electron chi connectivity index (χ3n) is 3.17. The number of carbonyl (C=O) groups is 1. The summed E-state index contributed by atoms with van der Waals surface area (Å²) in [7, 11) is 0. The van der Waals surface area contributed by atoms with Gasteiger partial charge in [-0.1, -0.05) is 17.7 Å². The molecule has 1 aliphatic rings. The highest BCUT2D eigenvalue weighted by atomic mass is 19.1. The average Bonchev–Trinajstić information content (AvgIpc) is 3.06. The van der Waals surface area contributed by atoms with E-state index in [0.29, 0.717) is 18.0 Å². The molecule has 0 aromatic heterocycles. The molecule has 0 radical (unpaired) electrons. The topological polar surface area (TPSA) is 40.5 Å². The fraction of sp³-hybridized carbons (Fsp3) is 0.500. The molecule has 0 heterocycles. The van der Waals surface area contributed by atoms with Gasteiger partial charge in [-0.3, -0.25) is 9.69 Å². The van der Waals surface area contributed by atoms with Crippen LogP contribution in [0.25, 0.3) is 0 Å². The molecule has 0 unspecified atom stereocenters. The van der Waals surface area contributed by atoms with Gasteiger partial charge in [-0.05, 0) is 31.7 Å². The first-order valence-corrected chi connectivity index (χ1v) is 6.24. The molecule has 0 aliphatic heterocycles. The van der Waals surface area contributed by atoms with Gasteiger partial charge < -0.3 is 5.11 Å². The molecule has 1 aromatic carbocycles. The lowest BCUT2D eigenvalue weighted by Gasteiger charge is -2.20. The molecule has 1 aromatic rings. The Morgan fingerprint density at radius 2 is 2.22 bits per heavy atom. The van der Waals surface area contributed by atoms with Crippen molar-refractivity contribution in [3.8, 4) is 0 Å². The molecule has 98 valence electrons. The summed E-state index contributed by atoms with van der Waals surface area (Å²) in [5, 5.41) is 8.88.